The molecule has 3 nitrogen and oxygen atoms in total. The van der Waals surface area contributed by atoms with E-state index >= 15 is 0 Å². The minimum absolute atomic E-state index is 0.270. The fourth-order valence-corrected chi connectivity index (χ4v) is 4.31. The molecule has 0 radical (unpaired) electrons. The molecular formula is C25H25Cl2FN2O. The zero-order valence-corrected chi connectivity index (χ0v) is 18.7. The number of nitrogens with zero attached hydrogens (tertiary/aromatic N) is 1. The number of halogens is 3. The molecule has 1 aliphatic heterocycles. The van der Waals surface area contributed by atoms with Crippen LogP contribution in [0.15, 0.2) is 60.7 Å². The Morgan fingerprint density at radius 3 is 2.45 bits per heavy atom. The lowest BCUT2D eigenvalue weighted by molar-refractivity contribution is 0.303. The van der Waals surface area contributed by atoms with Crippen molar-refractivity contribution in [2.75, 3.05) is 23.3 Å². The summed E-state index contributed by atoms with van der Waals surface area (Å²) in [5.74, 6) is 0.398. The minimum Gasteiger partial charge on any atom is -0.488 e. The molecule has 1 saturated heterocycles. The number of rotatable bonds is 7. The van der Waals surface area contributed by atoms with Gasteiger partial charge in [0.25, 0.3) is 0 Å². The molecule has 1 heterocycles. The quantitative estimate of drug-likeness (QED) is 0.401. The monoisotopic (exact) mass is 458 g/mol. The number of hydrogen-bond acceptors (Lipinski definition) is 3. The van der Waals surface area contributed by atoms with Gasteiger partial charge in [0.2, 0.25) is 0 Å². The van der Waals surface area contributed by atoms with Gasteiger partial charge in [-0.15, -0.1) is 0 Å². The van der Waals surface area contributed by atoms with E-state index in [2.05, 4.69) is 22.3 Å². The Balaban J connectivity index is 1.40. The highest BCUT2D eigenvalue weighted by Crippen LogP contribution is 2.31. The lowest BCUT2D eigenvalue weighted by atomic mass is 10.1. The minimum atomic E-state index is -0.358. The predicted octanol–water partition coefficient (Wildman–Crippen LogP) is 7.31. The van der Waals surface area contributed by atoms with Crippen molar-refractivity contribution in [2.45, 2.75) is 32.4 Å². The molecule has 0 aliphatic carbocycles. The third kappa shape index (κ3) is 5.63. The number of nitrogens with one attached hydrogen (secondary N) is 1. The Morgan fingerprint density at radius 1 is 0.871 bits per heavy atom. The molecule has 0 spiro atoms. The number of anilines is 2. The van der Waals surface area contributed by atoms with E-state index in [1.165, 1.54) is 31.4 Å². The van der Waals surface area contributed by atoms with Crippen LogP contribution in [0.5, 0.6) is 5.75 Å². The van der Waals surface area contributed by atoms with Crippen LogP contribution in [0.3, 0.4) is 0 Å². The zero-order chi connectivity index (χ0) is 21.6. The molecule has 162 valence electrons. The summed E-state index contributed by atoms with van der Waals surface area (Å²) in [7, 11) is 0. The Kier molecular flexibility index (Phi) is 7.21. The number of ether oxygens (including phenoxy) is 1. The normalized spacial score (nSPS) is 13.8. The van der Waals surface area contributed by atoms with Crippen molar-refractivity contribution in [3.63, 3.8) is 0 Å². The molecule has 0 atom stereocenters. The number of piperidine rings is 1. The van der Waals surface area contributed by atoms with Crippen LogP contribution in [0.2, 0.25) is 10.0 Å². The van der Waals surface area contributed by atoms with Gasteiger partial charge in [-0.25, -0.2) is 4.39 Å². The van der Waals surface area contributed by atoms with E-state index in [0.717, 1.165) is 46.4 Å². The van der Waals surface area contributed by atoms with Crippen LogP contribution in [0.25, 0.3) is 0 Å². The molecule has 1 fully saturated rings. The maximum Gasteiger partial charge on any atom is 0.124 e. The Bertz CT molecular complexity index is 1040. The summed E-state index contributed by atoms with van der Waals surface area (Å²) < 4.78 is 19.2. The molecule has 0 bridgehead atoms. The highest BCUT2D eigenvalue weighted by atomic mass is 35.5. The van der Waals surface area contributed by atoms with Gasteiger partial charge in [0.1, 0.15) is 18.2 Å². The summed E-state index contributed by atoms with van der Waals surface area (Å²) in [6.07, 6.45) is 3.73. The van der Waals surface area contributed by atoms with Crippen molar-refractivity contribution >= 4 is 34.6 Å². The summed E-state index contributed by atoms with van der Waals surface area (Å²) in [5, 5.41) is 4.56. The molecule has 0 amide bonds. The molecule has 0 saturated carbocycles. The fraction of sp³-hybridized carbons (Fsp3) is 0.280. The first-order valence-corrected chi connectivity index (χ1v) is 11.3. The molecule has 3 aromatic carbocycles. The van der Waals surface area contributed by atoms with Crippen LogP contribution in [0, 0.1) is 5.82 Å². The second kappa shape index (κ2) is 10.3. The second-order valence-electron chi connectivity index (χ2n) is 7.70. The van der Waals surface area contributed by atoms with Gasteiger partial charge in [0, 0.05) is 36.4 Å². The molecule has 3 aromatic rings. The van der Waals surface area contributed by atoms with Gasteiger partial charge in [0.15, 0.2) is 0 Å². The summed E-state index contributed by atoms with van der Waals surface area (Å²) in [6, 6.07) is 18.3. The van der Waals surface area contributed by atoms with Crippen LogP contribution in [-0.4, -0.2) is 13.1 Å². The van der Waals surface area contributed by atoms with E-state index in [1.54, 1.807) is 6.07 Å². The number of hydrogen-bond donors (Lipinski definition) is 1. The average molecular weight is 459 g/mol. The molecule has 1 N–H and O–H groups in total. The Morgan fingerprint density at radius 2 is 1.68 bits per heavy atom. The molecule has 0 aromatic heterocycles. The van der Waals surface area contributed by atoms with Crippen molar-refractivity contribution in [3.05, 3.63) is 87.7 Å². The largest absolute Gasteiger partial charge is 0.488 e. The van der Waals surface area contributed by atoms with E-state index in [4.69, 9.17) is 27.9 Å². The van der Waals surface area contributed by atoms with Crippen LogP contribution >= 0.6 is 23.2 Å². The maximum atomic E-state index is 13.2. The Labute approximate surface area is 192 Å². The molecule has 0 unspecified atom stereocenters. The maximum absolute atomic E-state index is 13.2. The highest BCUT2D eigenvalue weighted by Gasteiger charge is 2.14. The van der Waals surface area contributed by atoms with E-state index in [9.17, 15) is 4.39 Å². The summed E-state index contributed by atoms with van der Waals surface area (Å²) in [6.45, 7) is 2.99. The zero-order valence-electron chi connectivity index (χ0n) is 17.2. The lowest BCUT2D eigenvalue weighted by Gasteiger charge is -2.29. The van der Waals surface area contributed by atoms with Gasteiger partial charge in [-0.2, -0.15) is 0 Å². The Hall–Kier alpha value is -2.43. The van der Waals surface area contributed by atoms with Crippen LogP contribution in [0.1, 0.15) is 30.4 Å². The summed E-state index contributed by atoms with van der Waals surface area (Å²) in [4.78, 5) is 2.36. The first kappa shape index (κ1) is 21.8. The molecule has 4 rings (SSSR count). The van der Waals surface area contributed by atoms with Crippen LogP contribution < -0.4 is 15.0 Å². The van der Waals surface area contributed by atoms with E-state index in [-0.39, 0.29) is 12.4 Å². The predicted molar refractivity (Wildman–Crippen MR) is 127 cm³/mol. The first-order chi connectivity index (χ1) is 15.1. The topological polar surface area (TPSA) is 24.5 Å². The second-order valence-corrected chi connectivity index (χ2v) is 8.51. The van der Waals surface area contributed by atoms with E-state index < -0.39 is 0 Å². The smallest absolute Gasteiger partial charge is 0.124 e. The van der Waals surface area contributed by atoms with Gasteiger partial charge in [-0.05, 0) is 55.7 Å². The van der Waals surface area contributed by atoms with Gasteiger partial charge in [0.05, 0.1) is 15.7 Å². The molecule has 1 aliphatic rings. The molecule has 31 heavy (non-hydrogen) atoms. The van der Waals surface area contributed by atoms with Crippen molar-refractivity contribution < 1.29 is 9.13 Å². The number of para-hydroxylation sites is 1. The molecule has 6 heteroatoms. The number of benzene rings is 3. The fourth-order valence-electron chi connectivity index (χ4n) is 3.79. The lowest BCUT2D eigenvalue weighted by Crippen LogP contribution is -2.29. The van der Waals surface area contributed by atoms with Crippen molar-refractivity contribution in [2.24, 2.45) is 0 Å². The molecular weight excluding hydrogens is 434 g/mol. The van der Waals surface area contributed by atoms with E-state index in [1.807, 2.05) is 30.3 Å². The summed E-state index contributed by atoms with van der Waals surface area (Å²) in [5.41, 5.74) is 3.82. The van der Waals surface area contributed by atoms with E-state index in [0.29, 0.717) is 11.6 Å². The van der Waals surface area contributed by atoms with Crippen molar-refractivity contribution in [1.82, 2.24) is 0 Å². The average Bonchev–Trinajstić information content (AvgIpc) is 2.78. The van der Waals surface area contributed by atoms with Crippen LogP contribution in [0.4, 0.5) is 15.8 Å². The SMILES string of the molecule is Fc1ccc(COc2ccccc2CNc2ccc(N3CCCCC3)c(Cl)c2)c(Cl)c1. The third-order valence-electron chi connectivity index (χ3n) is 5.50. The van der Waals surface area contributed by atoms with Gasteiger partial charge < -0.3 is 15.0 Å². The third-order valence-corrected chi connectivity index (χ3v) is 6.15. The van der Waals surface area contributed by atoms with Crippen molar-refractivity contribution in [1.29, 1.82) is 0 Å². The van der Waals surface area contributed by atoms with Gasteiger partial charge in [-0.3, -0.25) is 0 Å². The van der Waals surface area contributed by atoms with Gasteiger partial charge >= 0.3 is 0 Å². The highest BCUT2D eigenvalue weighted by molar-refractivity contribution is 6.33. The van der Waals surface area contributed by atoms with Crippen LogP contribution in [-0.2, 0) is 13.2 Å². The van der Waals surface area contributed by atoms with Gasteiger partial charge in [-0.1, -0.05) is 47.5 Å². The van der Waals surface area contributed by atoms with Crippen molar-refractivity contribution in [3.8, 4) is 5.75 Å². The first-order valence-electron chi connectivity index (χ1n) is 10.5. The standard InChI is InChI=1S/C25H25Cl2FN2O/c26-22-14-20(28)9-8-19(22)17-31-25-7-3-2-6-18(25)16-29-21-10-11-24(23(27)15-21)30-12-4-1-5-13-30/h2-3,6-11,14-15,29H,1,4-5,12-13,16-17H2. The summed E-state index contributed by atoms with van der Waals surface area (Å²) >= 11 is 12.7.